The number of hydrogen-bond acceptors (Lipinski definition) is 6. The quantitative estimate of drug-likeness (QED) is 0.136. The van der Waals surface area contributed by atoms with E-state index in [1.807, 2.05) is 102 Å². The number of aryl methyl sites for hydroxylation is 2. The molecular formula is C40H54N5OY-. The fraction of sp³-hybridized carbons (Fsp3) is 0.350. The van der Waals surface area contributed by atoms with Crippen molar-refractivity contribution in [2.45, 2.75) is 89.0 Å². The second kappa shape index (κ2) is 24.7. The molecule has 6 nitrogen and oxygen atoms in total. The van der Waals surface area contributed by atoms with Crippen molar-refractivity contribution < 1.29 is 37.8 Å². The molecule has 0 bridgehead atoms. The predicted octanol–water partition coefficient (Wildman–Crippen LogP) is 14.3. The number of rotatable bonds is 6. The maximum absolute atomic E-state index is 10.9. The molecule has 1 radical (unpaired) electrons. The second-order valence-electron chi connectivity index (χ2n) is 10.1. The number of anilines is 1. The molecule has 249 valence electrons. The van der Waals surface area contributed by atoms with Gasteiger partial charge in [-0.05, 0) is 83.3 Å². The van der Waals surface area contributed by atoms with E-state index in [2.05, 4.69) is 78.6 Å². The minimum absolute atomic E-state index is 0. The molecule has 0 spiro atoms. The summed E-state index contributed by atoms with van der Waals surface area (Å²) in [7, 11) is 0. The number of nitrogens with one attached hydrogen (secondary N) is 1. The van der Waals surface area contributed by atoms with Crippen LogP contribution in [-0.4, -0.2) is 11.7 Å². The predicted molar refractivity (Wildman–Crippen MR) is 201 cm³/mol. The van der Waals surface area contributed by atoms with Crippen molar-refractivity contribution in [2.24, 2.45) is 20.5 Å². The SMILES string of the molecule is CC.CC.CCC.CCC.CCNc1ccc2c(O)c(N=Nc3[c-]cc(N=Nc4ccc5ccccc5c4)c(C)c3)c(C)cc2c1.[Y]. The Hall–Kier alpha value is -3.48. The fourth-order valence-corrected chi connectivity index (χ4v) is 4.15. The van der Waals surface area contributed by atoms with Gasteiger partial charge in [0.2, 0.25) is 0 Å². The minimum atomic E-state index is 0. The van der Waals surface area contributed by atoms with Gasteiger partial charge in [0.05, 0.1) is 5.69 Å². The zero-order valence-corrected chi connectivity index (χ0v) is 33.3. The molecule has 0 atom stereocenters. The zero-order chi connectivity index (χ0) is 34.5. The molecule has 0 unspecified atom stereocenters. The number of phenols is 1. The largest absolute Gasteiger partial charge is 0.505 e. The van der Waals surface area contributed by atoms with Crippen molar-refractivity contribution in [3.63, 3.8) is 0 Å². The molecular weight excluding hydrogens is 655 g/mol. The van der Waals surface area contributed by atoms with Crippen molar-refractivity contribution in [2.75, 3.05) is 11.9 Å². The third-order valence-corrected chi connectivity index (χ3v) is 6.04. The summed E-state index contributed by atoms with van der Waals surface area (Å²) in [6, 6.07) is 28.8. The number of phenolic OH excluding ortho intramolecular Hbond substituents is 1. The molecule has 0 saturated heterocycles. The summed E-state index contributed by atoms with van der Waals surface area (Å²) in [4.78, 5) is 0. The van der Waals surface area contributed by atoms with Gasteiger partial charge in [-0.2, -0.15) is 16.3 Å². The average molecular weight is 710 g/mol. The molecule has 0 heterocycles. The third kappa shape index (κ3) is 13.7. The van der Waals surface area contributed by atoms with E-state index >= 15 is 0 Å². The first-order valence-electron chi connectivity index (χ1n) is 16.7. The molecule has 0 amide bonds. The summed E-state index contributed by atoms with van der Waals surface area (Å²) < 4.78 is 0. The molecule has 0 aliphatic carbocycles. The zero-order valence-electron chi connectivity index (χ0n) is 30.4. The van der Waals surface area contributed by atoms with E-state index < -0.39 is 0 Å². The van der Waals surface area contributed by atoms with Gasteiger partial charge in [0, 0.05) is 50.3 Å². The summed E-state index contributed by atoms with van der Waals surface area (Å²) in [5.41, 5.74) is 5.27. The Kier molecular flexibility index (Phi) is 22.8. The molecule has 0 fully saturated rings. The van der Waals surface area contributed by atoms with Crippen molar-refractivity contribution in [1.29, 1.82) is 0 Å². The van der Waals surface area contributed by atoms with E-state index in [1.54, 1.807) is 6.07 Å². The van der Waals surface area contributed by atoms with Crippen LogP contribution in [0, 0.1) is 19.9 Å². The molecule has 0 aliphatic rings. The topological polar surface area (TPSA) is 81.7 Å². The van der Waals surface area contributed by atoms with Crippen molar-refractivity contribution in [1.82, 2.24) is 0 Å². The van der Waals surface area contributed by atoms with E-state index in [0.717, 1.165) is 45.2 Å². The maximum atomic E-state index is 10.9. The smallest absolute Gasteiger partial charge is 0.151 e. The number of hydrogen-bond donors (Lipinski definition) is 2. The van der Waals surface area contributed by atoms with Crippen molar-refractivity contribution >= 4 is 50.0 Å². The van der Waals surface area contributed by atoms with Gasteiger partial charge >= 0.3 is 0 Å². The van der Waals surface area contributed by atoms with E-state index in [9.17, 15) is 5.11 Å². The monoisotopic (exact) mass is 709 g/mol. The molecule has 0 aliphatic heterocycles. The Morgan fingerprint density at radius 2 is 1.30 bits per heavy atom. The average Bonchev–Trinajstić information content (AvgIpc) is 3.07. The first-order valence-corrected chi connectivity index (χ1v) is 16.7. The molecule has 5 aromatic rings. The van der Waals surface area contributed by atoms with Gasteiger partial charge in [-0.25, -0.2) is 5.11 Å². The molecule has 5 rings (SSSR count). The second-order valence-corrected chi connectivity index (χ2v) is 10.1. The van der Waals surface area contributed by atoms with Crippen LogP contribution < -0.4 is 5.32 Å². The number of azo groups is 2. The van der Waals surface area contributed by atoms with Crippen LogP contribution in [0.1, 0.15) is 86.3 Å². The molecule has 0 aromatic heterocycles. The fourth-order valence-electron chi connectivity index (χ4n) is 4.15. The summed E-state index contributed by atoms with van der Waals surface area (Å²) in [6.45, 7) is 23.2. The van der Waals surface area contributed by atoms with E-state index in [0.29, 0.717) is 17.1 Å². The van der Waals surface area contributed by atoms with Gasteiger partial charge in [-0.1, -0.05) is 105 Å². The van der Waals surface area contributed by atoms with Crippen LogP contribution >= 0.6 is 0 Å². The Morgan fingerprint density at radius 3 is 1.91 bits per heavy atom. The minimum Gasteiger partial charge on any atom is -0.505 e. The first-order chi connectivity index (χ1) is 22.3. The van der Waals surface area contributed by atoms with Gasteiger partial charge in [-0.15, -0.1) is 22.8 Å². The standard InChI is InChI=1S/C30H26N5O.2C3H8.2C2H6.Y/c1-4-31-24-11-13-27-23(18-24)15-20(3)29(30(27)36)35-33-25-12-14-28(19(2)16-25)34-32-26-10-9-21-7-5-6-8-22(21)17-26;2*1-3-2;2*1-2;/h5-11,13-18,31,36H,4H2,1-3H3;2*3H2,1-2H3;2*1-2H3;/q-1;;;;;. The van der Waals surface area contributed by atoms with Gasteiger partial charge in [0.25, 0.3) is 0 Å². The van der Waals surface area contributed by atoms with Crippen LogP contribution in [-0.2, 0) is 32.7 Å². The van der Waals surface area contributed by atoms with Crippen LogP contribution in [0.5, 0.6) is 5.75 Å². The number of benzene rings is 5. The maximum Gasteiger partial charge on any atom is 0.151 e. The van der Waals surface area contributed by atoms with Crippen molar-refractivity contribution in [3.05, 3.63) is 96.1 Å². The number of aromatic hydroxyl groups is 1. The van der Waals surface area contributed by atoms with Gasteiger partial charge in [0.15, 0.2) is 5.75 Å². The third-order valence-electron chi connectivity index (χ3n) is 6.04. The van der Waals surface area contributed by atoms with Crippen molar-refractivity contribution in [3.8, 4) is 5.75 Å². The van der Waals surface area contributed by atoms with Gasteiger partial charge in [0.1, 0.15) is 5.69 Å². The Bertz CT molecular complexity index is 1680. The summed E-state index contributed by atoms with van der Waals surface area (Å²) >= 11 is 0. The molecule has 47 heavy (non-hydrogen) atoms. The molecule has 2 N–H and O–H groups in total. The van der Waals surface area contributed by atoms with Gasteiger partial charge in [-0.3, -0.25) is 0 Å². The van der Waals surface area contributed by atoms with Gasteiger partial charge < -0.3 is 10.4 Å². The molecule has 5 aromatic carbocycles. The normalized spacial score (nSPS) is 10.0. The first kappa shape index (κ1) is 43.5. The number of nitrogens with zero attached hydrogens (tertiary/aromatic N) is 4. The van der Waals surface area contributed by atoms with E-state index in [-0.39, 0.29) is 38.5 Å². The van der Waals surface area contributed by atoms with E-state index in [1.165, 1.54) is 18.2 Å². The Morgan fingerprint density at radius 1 is 0.660 bits per heavy atom. The van der Waals surface area contributed by atoms with Crippen LogP contribution in [0.25, 0.3) is 21.5 Å². The summed E-state index contributed by atoms with van der Waals surface area (Å²) in [5.74, 6) is 0.120. The summed E-state index contributed by atoms with van der Waals surface area (Å²) in [6.07, 6.45) is 2.50. The van der Waals surface area contributed by atoms with E-state index in [4.69, 9.17) is 0 Å². The van der Waals surface area contributed by atoms with Crippen LogP contribution in [0.4, 0.5) is 28.4 Å². The van der Waals surface area contributed by atoms with Crippen LogP contribution in [0.3, 0.4) is 0 Å². The van der Waals surface area contributed by atoms with Crippen LogP contribution in [0.15, 0.2) is 99.3 Å². The summed E-state index contributed by atoms with van der Waals surface area (Å²) in [5, 5.41) is 35.6. The number of fused-ring (bicyclic) bond motifs is 2. The van der Waals surface area contributed by atoms with Crippen LogP contribution in [0.2, 0.25) is 0 Å². The Balaban J connectivity index is 0.00000173. The molecule has 7 heteroatoms. The molecule has 0 saturated carbocycles. The Labute approximate surface area is 309 Å².